The molecule has 1 saturated carbocycles. The van der Waals surface area contributed by atoms with Crippen molar-refractivity contribution in [2.75, 3.05) is 13.1 Å². The number of rotatable bonds is 2. The Kier molecular flexibility index (Phi) is 3.11. The van der Waals surface area contributed by atoms with Crippen LogP contribution in [0.4, 0.5) is 0 Å². The zero-order valence-corrected chi connectivity index (χ0v) is 11.2. The van der Waals surface area contributed by atoms with Crippen molar-refractivity contribution in [1.82, 2.24) is 4.90 Å². The Morgan fingerprint density at radius 3 is 2.26 bits per heavy atom. The molecule has 1 amide bonds. The predicted octanol–water partition coefficient (Wildman–Crippen LogP) is 0.433. The number of hydrogen-bond acceptors (Lipinski definition) is 3. The lowest BCUT2D eigenvalue weighted by molar-refractivity contribution is -0.313. The van der Waals surface area contributed by atoms with Crippen molar-refractivity contribution in [3.63, 3.8) is 0 Å². The molecule has 4 nitrogen and oxygen atoms in total. The van der Waals surface area contributed by atoms with Gasteiger partial charge in [-0.05, 0) is 37.0 Å². The minimum atomic E-state index is -1.06. The van der Waals surface area contributed by atoms with E-state index in [0.717, 1.165) is 32.4 Å². The third-order valence-corrected chi connectivity index (χ3v) is 5.11. The van der Waals surface area contributed by atoms with E-state index in [0.29, 0.717) is 5.92 Å². The maximum Gasteiger partial charge on any atom is 0.226 e. The summed E-state index contributed by atoms with van der Waals surface area (Å²) in [6.45, 7) is 3.75. The summed E-state index contributed by atoms with van der Waals surface area (Å²) in [5.74, 6) is -1.22. The fourth-order valence-electron chi connectivity index (χ4n) is 3.92. The summed E-state index contributed by atoms with van der Waals surface area (Å²) in [4.78, 5) is 25.8. The van der Waals surface area contributed by atoms with Gasteiger partial charge in [0.15, 0.2) is 0 Å². The van der Waals surface area contributed by atoms with Gasteiger partial charge in [0.1, 0.15) is 0 Å². The van der Waals surface area contributed by atoms with E-state index in [9.17, 15) is 14.7 Å². The average Bonchev–Trinajstić information content (AvgIpc) is 2.98. The van der Waals surface area contributed by atoms with Crippen molar-refractivity contribution in [3.8, 4) is 0 Å². The second-order valence-electron chi connectivity index (χ2n) is 6.33. The highest BCUT2D eigenvalue weighted by Gasteiger charge is 2.49. The lowest BCUT2D eigenvalue weighted by Crippen LogP contribution is -2.48. The summed E-state index contributed by atoms with van der Waals surface area (Å²) in [5, 5.41) is 11.3. The normalized spacial score (nSPS) is 37.8. The summed E-state index contributed by atoms with van der Waals surface area (Å²) in [6.07, 6.45) is 6.84. The number of aliphatic carboxylic acids is 1. The van der Waals surface area contributed by atoms with E-state index in [1.54, 1.807) is 0 Å². The number of nitrogens with zero attached hydrogens (tertiary/aromatic N) is 1. The number of hydrogen-bond donors (Lipinski definition) is 0. The molecule has 2 aliphatic carbocycles. The van der Waals surface area contributed by atoms with E-state index >= 15 is 0 Å². The maximum absolute atomic E-state index is 12.6. The van der Waals surface area contributed by atoms with E-state index in [4.69, 9.17) is 0 Å². The summed E-state index contributed by atoms with van der Waals surface area (Å²) in [5.41, 5.74) is 0. The summed E-state index contributed by atoms with van der Waals surface area (Å²) in [7, 11) is 0. The van der Waals surface area contributed by atoms with Crippen LogP contribution in [-0.4, -0.2) is 29.9 Å². The zero-order valence-electron chi connectivity index (χ0n) is 11.2. The molecule has 0 spiro atoms. The summed E-state index contributed by atoms with van der Waals surface area (Å²) >= 11 is 0. The summed E-state index contributed by atoms with van der Waals surface area (Å²) < 4.78 is 0. The first-order chi connectivity index (χ1) is 9.08. The first-order valence-electron chi connectivity index (χ1n) is 7.26. The van der Waals surface area contributed by atoms with Crippen LogP contribution in [0.1, 0.15) is 26.2 Å². The lowest BCUT2D eigenvalue weighted by atomic mass is 9.81. The van der Waals surface area contributed by atoms with Crippen LogP contribution in [0.25, 0.3) is 0 Å². The monoisotopic (exact) mass is 262 g/mol. The molecule has 2 bridgehead atoms. The third-order valence-electron chi connectivity index (χ3n) is 5.11. The second-order valence-corrected chi connectivity index (χ2v) is 6.33. The molecule has 0 aromatic heterocycles. The van der Waals surface area contributed by atoms with Gasteiger partial charge in [0.2, 0.25) is 5.91 Å². The van der Waals surface area contributed by atoms with Gasteiger partial charge in [0, 0.05) is 25.0 Å². The van der Waals surface area contributed by atoms with E-state index in [1.807, 2.05) is 17.1 Å². The SMILES string of the molecule is CC1CCN(C(=O)C2C3C=CC(C3)C2C(=O)[O-])CC1. The smallest absolute Gasteiger partial charge is 0.226 e. The lowest BCUT2D eigenvalue weighted by Gasteiger charge is -2.36. The predicted molar refractivity (Wildman–Crippen MR) is 67.7 cm³/mol. The van der Waals surface area contributed by atoms with Gasteiger partial charge in [-0.1, -0.05) is 19.1 Å². The van der Waals surface area contributed by atoms with Gasteiger partial charge < -0.3 is 14.8 Å². The molecule has 0 aromatic rings. The highest BCUT2D eigenvalue weighted by molar-refractivity contribution is 5.86. The zero-order chi connectivity index (χ0) is 13.6. The van der Waals surface area contributed by atoms with Crippen LogP contribution in [0.3, 0.4) is 0 Å². The van der Waals surface area contributed by atoms with Gasteiger partial charge in [-0.3, -0.25) is 4.79 Å². The molecule has 4 unspecified atom stereocenters. The molecule has 4 heteroatoms. The van der Waals surface area contributed by atoms with Crippen LogP contribution in [0.5, 0.6) is 0 Å². The van der Waals surface area contributed by atoms with Crippen molar-refractivity contribution in [2.45, 2.75) is 26.2 Å². The van der Waals surface area contributed by atoms with Gasteiger partial charge in [-0.2, -0.15) is 0 Å². The first-order valence-corrected chi connectivity index (χ1v) is 7.26. The van der Waals surface area contributed by atoms with Crippen LogP contribution in [-0.2, 0) is 9.59 Å². The number of carbonyl (C=O) groups is 2. The molecule has 19 heavy (non-hydrogen) atoms. The van der Waals surface area contributed by atoms with E-state index in [1.165, 1.54) is 0 Å². The molecule has 4 atom stereocenters. The number of fused-ring (bicyclic) bond motifs is 2. The molecule has 0 aromatic carbocycles. The van der Waals surface area contributed by atoms with E-state index < -0.39 is 11.9 Å². The van der Waals surface area contributed by atoms with Crippen molar-refractivity contribution < 1.29 is 14.7 Å². The first kappa shape index (κ1) is 12.7. The van der Waals surface area contributed by atoms with Crippen LogP contribution < -0.4 is 5.11 Å². The van der Waals surface area contributed by atoms with Gasteiger partial charge >= 0.3 is 0 Å². The fraction of sp³-hybridized carbons (Fsp3) is 0.733. The Hall–Kier alpha value is -1.32. The Morgan fingerprint density at radius 1 is 1.11 bits per heavy atom. The standard InChI is InChI=1S/C15H21NO3/c1-9-4-6-16(7-5-9)14(17)12-10-2-3-11(8-10)13(12)15(18)19/h2-3,9-13H,4-8H2,1H3,(H,18,19)/p-1. The number of amides is 1. The van der Waals surface area contributed by atoms with Crippen molar-refractivity contribution >= 4 is 11.9 Å². The molecule has 1 aliphatic heterocycles. The molecular weight excluding hydrogens is 242 g/mol. The van der Waals surface area contributed by atoms with Crippen molar-refractivity contribution in [2.24, 2.45) is 29.6 Å². The molecular formula is C15H20NO3-. The Morgan fingerprint density at radius 2 is 1.68 bits per heavy atom. The van der Waals surface area contributed by atoms with Gasteiger partial charge in [0.05, 0.1) is 5.92 Å². The van der Waals surface area contributed by atoms with Gasteiger partial charge in [-0.15, -0.1) is 0 Å². The minimum Gasteiger partial charge on any atom is -0.550 e. The molecule has 1 heterocycles. The Bertz CT molecular complexity index is 423. The van der Waals surface area contributed by atoms with Gasteiger partial charge in [0.25, 0.3) is 0 Å². The molecule has 2 fully saturated rings. The largest absolute Gasteiger partial charge is 0.550 e. The average molecular weight is 262 g/mol. The Labute approximate surface area is 113 Å². The molecule has 1 saturated heterocycles. The number of allylic oxidation sites excluding steroid dienone is 2. The molecule has 3 rings (SSSR count). The Balaban J connectivity index is 1.75. The van der Waals surface area contributed by atoms with Crippen LogP contribution in [0, 0.1) is 29.6 Å². The maximum atomic E-state index is 12.6. The summed E-state index contributed by atoms with van der Waals surface area (Å²) in [6, 6.07) is 0. The topological polar surface area (TPSA) is 60.4 Å². The second kappa shape index (κ2) is 4.66. The highest BCUT2D eigenvalue weighted by Crippen LogP contribution is 2.48. The fourth-order valence-corrected chi connectivity index (χ4v) is 3.92. The number of carboxylic acids is 1. The highest BCUT2D eigenvalue weighted by atomic mass is 16.4. The van der Waals surface area contributed by atoms with E-state index in [2.05, 4.69) is 6.92 Å². The molecule has 0 radical (unpaired) electrons. The number of carboxylic acid groups (broad SMARTS) is 1. The van der Waals surface area contributed by atoms with Crippen LogP contribution in [0.2, 0.25) is 0 Å². The minimum absolute atomic E-state index is 0.00710. The number of carbonyl (C=O) groups excluding carboxylic acids is 2. The van der Waals surface area contributed by atoms with Crippen LogP contribution >= 0.6 is 0 Å². The van der Waals surface area contributed by atoms with Crippen molar-refractivity contribution in [3.05, 3.63) is 12.2 Å². The van der Waals surface area contributed by atoms with Crippen molar-refractivity contribution in [1.29, 1.82) is 0 Å². The quantitative estimate of drug-likeness (QED) is 0.678. The van der Waals surface area contributed by atoms with E-state index in [-0.39, 0.29) is 23.7 Å². The molecule has 0 N–H and O–H groups in total. The number of likely N-dealkylation sites (tertiary alicyclic amines) is 1. The molecule has 104 valence electrons. The van der Waals surface area contributed by atoms with Gasteiger partial charge in [-0.25, -0.2) is 0 Å². The third kappa shape index (κ3) is 2.07. The molecule has 3 aliphatic rings. The van der Waals surface area contributed by atoms with Crippen LogP contribution in [0.15, 0.2) is 12.2 Å². The number of piperidine rings is 1.